The van der Waals surface area contributed by atoms with Crippen molar-refractivity contribution in [3.05, 3.63) is 48.2 Å². The minimum atomic E-state index is -0.731. The van der Waals surface area contributed by atoms with Gasteiger partial charge in [-0.05, 0) is 31.4 Å². The molecule has 0 atom stereocenters. The van der Waals surface area contributed by atoms with Crippen molar-refractivity contribution >= 4 is 16.9 Å². The SMILES string of the molecule is C=C(C)Cn1cc(CCCC(=O)O)c2ccccc21. The highest BCUT2D eigenvalue weighted by molar-refractivity contribution is 5.84. The molecular formula is C16H19NO2. The average molecular weight is 257 g/mol. The lowest BCUT2D eigenvalue weighted by Crippen LogP contribution is -1.97. The average Bonchev–Trinajstić information content (AvgIpc) is 2.67. The van der Waals surface area contributed by atoms with Crippen LogP contribution in [0.5, 0.6) is 0 Å². The van der Waals surface area contributed by atoms with E-state index in [1.54, 1.807) is 0 Å². The van der Waals surface area contributed by atoms with Crippen LogP contribution in [-0.2, 0) is 17.8 Å². The van der Waals surface area contributed by atoms with Gasteiger partial charge in [0.1, 0.15) is 0 Å². The van der Waals surface area contributed by atoms with Crippen LogP contribution in [0, 0.1) is 0 Å². The molecule has 2 aromatic rings. The first kappa shape index (κ1) is 13.4. The third-order valence-electron chi connectivity index (χ3n) is 3.15. The number of carboxylic acids is 1. The predicted molar refractivity (Wildman–Crippen MR) is 77.3 cm³/mol. The Labute approximate surface area is 113 Å². The Balaban J connectivity index is 2.27. The third-order valence-corrected chi connectivity index (χ3v) is 3.15. The molecule has 1 N–H and O–H groups in total. The Morgan fingerprint density at radius 3 is 2.79 bits per heavy atom. The summed E-state index contributed by atoms with van der Waals surface area (Å²) in [4.78, 5) is 10.6. The van der Waals surface area contributed by atoms with Crippen molar-refractivity contribution in [1.82, 2.24) is 4.57 Å². The van der Waals surface area contributed by atoms with Crippen LogP contribution in [0.1, 0.15) is 25.3 Å². The van der Waals surface area contributed by atoms with Gasteiger partial charge in [-0.2, -0.15) is 0 Å². The topological polar surface area (TPSA) is 42.2 Å². The van der Waals surface area contributed by atoms with Crippen LogP contribution in [0.2, 0.25) is 0 Å². The summed E-state index contributed by atoms with van der Waals surface area (Å²) in [5.41, 5.74) is 3.52. The number of allylic oxidation sites excluding steroid dienone is 1. The van der Waals surface area contributed by atoms with E-state index in [0.29, 0.717) is 6.42 Å². The molecule has 0 saturated carbocycles. The number of aryl methyl sites for hydroxylation is 1. The zero-order chi connectivity index (χ0) is 13.8. The number of nitrogens with zero attached hydrogens (tertiary/aromatic N) is 1. The van der Waals surface area contributed by atoms with Gasteiger partial charge in [0.2, 0.25) is 0 Å². The number of hydrogen-bond donors (Lipinski definition) is 1. The van der Waals surface area contributed by atoms with Gasteiger partial charge in [-0.3, -0.25) is 4.79 Å². The quantitative estimate of drug-likeness (QED) is 0.803. The van der Waals surface area contributed by atoms with E-state index < -0.39 is 5.97 Å². The highest BCUT2D eigenvalue weighted by Gasteiger charge is 2.08. The van der Waals surface area contributed by atoms with Crippen LogP contribution in [0.15, 0.2) is 42.6 Å². The second kappa shape index (κ2) is 5.74. The number of rotatable bonds is 6. The highest BCUT2D eigenvalue weighted by atomic mass is 16.4. The van der Waals surface area contributed by atoms with Crippen LogP contribution in [0.3, 0.4) is 0 Å². The minimum Gasteiger partial charge on any atom is -0.481 e. The molecule has 100 valence electrons. The Kier molecular flexibility index (Phi) is 4.05. The van der Waals surface area contributed by atoms with Crippen LogP contribution < -0.4 is 0 Å². The van der Waals surface area contributed by atoms with Gasteiger partial charge in [0.15, 0.2) is 0 Å². The van der Waals surface area contributed by atoms with Gasteiger partial charge in [-0.25, -0.2) is 0 Å². The number of carbonyl (C=O) groups is 1. The van der Waals surface area contributed by atoms with Gasteiger partial charge in [0, 0.05) is 30.1 Å². The number of hydrogen-bond acceptors (Lipinski definition) is 1. The fourth-order valence-electron chi connectivity index (χ4n) is 2.37. The molecule has 0 aliphatic rings. The van der Waals surface area contributed by atoms with Crippen molar-refractivity contribution in [2.45, 2.75) is 32.7 Å². The summed E-state index contributed by atoms with van der Waals surface area (Å²) in [5.74, 6) is -0.731. The van der Waals surface area contributed by atoms with E-state index >= 15 is 0 Å². The maximum absolute atomic E-state index is 10.6. The molecule has 0 fully saturated rings. The number of benzene rings is 1. The summed E-state index contributed by atoms with van der Waals surface area (Å²) >= 11 is 0. The molecule has 19 heavy (non-hydrogen) atoms. The molecule has 0 unspecified atom stereocenters. The van der Waals surface area contributed by atoms with E-state index in [1.807, 2.05) is 19.1 Å². The van der Waals surface area contributed by atoms with Crippen molar-refractivity contribution < 1.29 is 9.90 Å². The van der Waals surface area contributed by atoms with Crippen molar-refractivity contribution in [2.24, 2.45) is 0 Å². The Bertz CT molecular complexity index is 610. The van der Waals surface area contributed by atoms with Gasteiger partial charge in [-0.1, -0.05) is 30.4 Å². The van der Waals surface area contributed by atoms with E-state index in [1.165, 1.54) is 16.5 Å². The standard InChI is InChI=1S/C16H19NO2/c1-12(2)10-17-11-13(6-5-9-16(18)19)14-7-3-4-8-15(14)17/h3-4,7-8,11H,1,5-6,9-10H2,2H3,(H,18,19). The Morgan fingerprint density at radius 1 is 1.37 bits per heavy atom. The number of fused-ring (bicyclic) bond motifs is 1. The fraction of sp³-hybridized carbons (Fsp3) is 0.312. The molecular weight excluding hydrogens is 238 g/mol. The van der Waals surface area contributed by atoms with Crippen LogP contribution in [0.4, 0.5) is 0 Å². The van der Waals surface area contributed by atoms with Crippen molar-refractivity contribution in [2.75, 3.05) is 0 Å². The summed E-state index contributed by atoms with van der Waals surface area (Å²) < 4.78 is 2.19. The summed E-state index contributed by atoms with van der Waals surface area (Å²) in [6.45, 7) is 6.77. The van der Waals surface area contributed by atoms with Gasteiger partial charge < -0.3 is 9.67 Å². The second-order valence-corrected chi connectivity index (χ2v) is 5.00. The monoisotopic (exact) mass is 257 g/mol. The maximum Gasteiger partial charge on any atom is 0.303 e. The van der Waals surface area contributed by atoms with Gasteiger partial charge in [-0.15, -0.1) is 0 Å². The van der Waals surface area contributed by atoms with E-state index in [9.17, 15) is 4.79 Å². The summed E-state index contributed by atoms with van der Waals surface area (Å²) in [6, 6.07) is 8.24. The zero-order valence-electron chi connectivity index (χ0n) is 11.2. The molecule has 2 rings (SSSR count). The Hall–Kier alpha value is -2.03. The van der Waals surface area contributed by atoms with Crippen molar-refractivity contribution in [1.29, 1.82) is 0 Å². The molecule has 0 aliphatic carbocycles. The second-order valence-electron chi connectivity index (χ2n) is 5.00. The maximum atomic E-state index is 10.6. The number of aliphatic carboxylic acids is 1. The normalized spacial score (nSPS) is 10.8. The molecule has 1 heterocycles. The summed E-state index contributed by atoms with van der Waals surface area (Å²) in [7, 11) is 0. The number of para-hydroxylation sites is 1. The largest absolute Gasteiger partial charge is 0.481 e. The smallest absolute Gasteiger partial charge is 0.303 e. The molecule has 3 heteroatoms. The molecule has 3 nitrogen and oxygen atoms in total. The Morgan fingerprint density at radius 2 is 2.11 bits per heavy atom. The predicted octanol–water partition coefficient (Wildman–Crippen LogP) is 3.62. The molecule has 0 saturated heterocycles. The lowest BCUT2D eigenvalue weighted by atomic mass is 10.1. The molecule has 1 aromatic carbocycles. The van der Waals surface area contributed by atoms with Crippen LogP contribution in [-0.4, -0.2) is 15.6 Å². The summed E-state index contributed by atoms with van der Waals surface area (Å²) in [6.07, 6.45) is 3.83. The van der Waals surface area contributed by atoms with Crippen LogP contribution in [0.25, 0.3) is 10.9 Å². The van der Waals surface area contributed by atoms with E-state index in [4.69, 9.17) is 5.11 Å². The van der Waals surface area contributed by atoms with E-state index in [-0.39, 0.29) is 6.42 Å². The minimum absolute atomic E-state index is 0.222. The van der Waals surface area contributed by atoms with Crippen LogP contribution >= 0.6 is 0 Å². The lowest BCUT2D eigenvalue weighted by molar-refractivity contribution is -0.137. The molecule has 1 aromatic heterocycles. The van der Waals surface area contributed by atoms with Gasteiger partial charge >= 0.3 is 5.97 Å². The number of carboxylic acid groups (broad SMARTS) is 1. The van der Waals surface area contributed by atoms with Gasteiger partial charge in [0.25, 0.3) is 0 Å². The highest BCUT2D eigenvalue weighted by Crippen LogP contribution is 2.23. The molecule has 0 spiro atoms. The zero-order valence-corrected chi connectivity index (χ0v) is 11.2. The fourth-order valence-corrected chi connectivity index (χ4v) is 2.37. The first-order chi connectivity index (χ1) is 9.08. The van der Waals surface area contributed by atoms with Crippen molar-refractivity contribution in [3.63, 3.8) is 0 Å². The van der Waals surface area contributed by atoms with E-state index in [2.05, 4.69) is 29.5 Å². The molecule has 0 radical (unpaired) electrons. The van der Waals surface area contributed by atoms with Crippen molar-refractivity contribution in [3.8, 4) is 0 Å². The first-order valence-corrected chi connectivity index (χ1v) is 6.51. The first-order valence-electron chi connectivity index (χ1n) is 6.51. The lowest BCUT2D eigenvalue weighted by Gasteiger charge is -2.03. The summed E-state index contributed by atoms with van der Waals surface area (Å²) in [5, 5.41) is 9.93. The molecule has 0 amide bonds. The molecule has 0 aliphatic heterocycles. The van der Waals surface area contributed by atoms with E-state index in [0.717, 1.165) is 18.5 Å². The molecule has 0 bridgehead atoms. The third kappa shape index (κ3) is 3.25. The number of aromatic nitrogens is 1. The van der Waals surface area contributed by atoms with Gasteiger partial charge in [0.05, 0.1) is 0 Å².